The zero-order valence-electron chi connectivity index (χ0n) is 20.9. The molecule has 4 heterocycles. The fraction of sp³-hybridized carbons (Fsp3) is 0.296. The van der Waals surface area contributed by atoms with Crippen molar-refractivity contribution in [3.05, 3.63) is 59.6 Å². The molecular formula is C27H29N7O2S2. The predicted octanol–water partition coefficient (Wildman–Crippen LogP) is 5.90. The number of thiophene rings is 1. The lowest BCUT2D eigenvalue weighted by atomic mass is 9.95. The predicted molar refractivity (Wildman–Crippen MR) is 154 cm³/mol. The van der Waals surface area contributed by atoms with Gasteiger partial charge in [0.25, 0.3) is 0 Å². The van der Waals surface area contributed by atoms with Crippen LogP contribution in [-0.4, -0.2) is 40.8 Å². The van der Waals surface area contributed by atoms with Gasteiger partial charge in [-0.25, -0.2) is 18.4 Å². The van der Waals surface area contributed by atoms with Crippen LogP contribution in [0.1, 0.15) is 44.1 Å². The molecule has 6 rings (SSSR count). The Hall–Kier alpha value is -3.54. The van der Waals surface area contributed by atoms with Crippen LogP contribution >= 0.6 is 11.3 Å². The Morgan fingerprint density at radius 2 is 1.76 bits per heavy atom. The van der Waals surface area contributed by atoms with Crippen molar-refractivity contribution in [2.24, 2.45) is 0 Å². The number of rotatable bonds is 7. The minimum atomic E-state index is -3.47. The van der Waals surface area contributed by atoms with Crippen LogP contribution < -0.4 is 16.4 Å². The Kier molecular flexibility index (Phi) is 6.73. The van der Waals surface area contributed by atoms with Crippen LogP contribution in [0.25, 0.3) is 15.8 Å². The molecule has 1 aliphatic heterocycles. The van der Waals surface area contributed by atoms with Gasteiger partial charge in [0, 0.05) is 29.7 Å². The van der Waals surface area contributed by atoms with E-state index in [0.717, 1.165) is 47.2 Å². The summed E-state index contributed by atoms with van der Waals surface area (Å²) < 4.78 is 28.4. The van der Waals surface area contributed by atoms with Gasteiger partial charge < -0.3 is 16.4 Å². The van der Waals surface area contributed by atoms with Crippen molar-refractivity contribution in [3.63, 3.8) is 0 Å². The summed E-state index contributed by atoms with van der Waals surface area (Å²) in [5.41, 5.74) is 10.4. The quantitative estimate of drug-likeness (QED) is 0.261. The number of fused-ring (bicyclic) bond motifs is 1. The summed E-state index contributed by atoms with van der Waals surface area (Å²) in [6.07, 6.45) is 10.2. The third-order valence-corrected chi connectivity index (χ3v) is 9.79. The Bertz CT molecular complexity index is 1590. The molecule has 0 atom stereocenters. The molecule has 4 aromatic rings. The SMILES string of the molecule is Nc1ccc(Nc2nc(Nc3ccc(S(=O)(=O)N4CCCC4)cc3)c3scc(C4=CCCCC4)c3n2)nc1. The van der Waals surface area contributed by atoms with Crippen LogP contribution in [-0.2, 0) is 10.0 Å². The maximum absolute atomic E-state index is 12.9. The third-order valence-electron chi connectivity index (χ3n) is 6.90. The van der Waals surface area contributed by atoms with Crippen molar-refractivity contribution < 1.29 is 8.42 Å². The molecule has 0 spiro atoms. The van der Waals surface area contributed by atoms with E-state index in [-0.39, 0.29) is 0 Å². The number of nitrogens with zero attached hydrogens (tertiary/aromatic N) is 4. The fourth-order valence-electron chi connectivity index (χ4n) is 4.89. The Balaban J connectivity index is 1.35. The van der Waals surface area contributed by atoms with E-state index in [2.05, 4.69) is 27.1 Å². The number of pyridine rings is 1. The van der Waals surface area contributed by atoms with Crippen LogP contribution in [0.4, 0.5) is 29.0 Å². The van der Waals surface area contributed by atoms with Crippen molar-refractivity contribution >= 4 is 66.1 Å². The number of sulfonamides is 1. The number of allylic oxidation sites excluding steroid dienone is 2. The topological polar surface area (TPSA) is 126 Å². The van der Waals surface area contributed by atoms with Crippen molar-refractivity contribution in [3.8, 4) is 0 Å². The van der Waals surface area contributed by atoms with Crippen molar-refractivity contribution in [1.29, 1.82) is 0 Å². The van der Waals surface area contributed by atoms with E-state index >= 15 is 0 Å². The summed E-state index contributed by atoms with van der Waals surface area (Å²) in [6.45, 7) is 1.16. The maximum Gasteiger partial charge on any atom is 0.243 e. The Morgan fingerprint density at radius 1 is 0.947 bits per heavy atom. The molecule has 3 aromatic heterocycles. The minimum Gasteiger partial charge on any atom is -0.397 e. The molecule has 1 aliphatic carbocycles. The second-order valence-corrected chi connectivity index (χ2v) is 12.4. The molecule has 38 heavy (non-hydrogen) atoms. The molecule has 2 aliphatic rings. The highest BCUT2D eigenvalue weighted by atomic mass is 32.2. The zero-order chi connectivity index (χ0) is 26.1. The van der Waals surface area contributed by atoms with Gasteiger partial charge in [-0.15, -0.1) is 11.3 Å². The summed E-state index contributed by atoms with van der Waals surface area (Å²) in [6, 6.07) is 10.4. The average Bonchev–Trinajstić information content (AvgIpc) is 3.62. The standard InChI is InChI=1S/C27H29N7O2S2/c28-19-8-13-23(29-16-19)31-27-32-24-22(18-6-2-1-3-7-18)17-37-25(24)26(33-27)30-20-9-11-21(12-10-20)38(35,36)34-14-4-5-15-34/h6,8-13,16-17H,1-5,7,14-15,28H2,(H2,29,30,31,32,33). The van der Waals surface area contributed by atoms with E-state index in [1.807, 2.05) is 0 Å². The smallest absolute Gasteiger partial charge is 0.243 e. The van der Waals surface area contributed by atoms with E-state index in [9.17, 15) is 8.42 Å². The van der Waals surface area contributed by atoms with Gasteiger partial charge in [-0.05, 0) is 80.5 Å². The molecule has 1 aromatic carbocycles. The molecular weight excluding hydrogens is 518 g/mol. The number of nitrogen functional groups attached to an aromatic ring is 1. The number of nitrogens with one attached hydrogen (secondary N) is 2. The fourth-order valence-corrected chi connectivity index (χ4v) is 7.38. The number of nitrogens with two attached hydrogens (primary N) is 1. The number of hydrogen-bond donors (Lipinski definition) is 3. The Labute approximate surface area is 225 Å². The summed E-state index contributed by atoms with van der Waals surface area (Å²) in [7, 11) is -3.47. The average molecular weight is 548 g/mol. The van der Waals surface area contributed by atoms with Crippen molar-refractivity contribution in [1.82, 2.24) is 19.3 Å². The molecule has 0 saturated carbocycles. The molecule has 0 bridgehead atoms. The number of aromatic nitrogens is 3. The molecule has 1 saturated heterocycles. The first-order valence-corrected chi connectivity index (χ1v) is 15.1. The van der Waals surface area contributed by atoms with Crippen LogP contribution in [0, 0.1) is 0 Å². The van der Waals surface area contributed by atoms with E-state index < -0.39 is 10.0 Å². The summed E-state index contributed by atoms with van der Waals surface area (Å²) in [5, 5.41) is 8.75. The molecule has 196 valence electrons. The van der Waals surface area contributed by atoms with Gasteiger partial charge in [0.05, 0.1) is 27.0 Å². The van der Waals surface area contributed by atoms with E-state index in [0.29, 0.717) is 41.3 Å². The lowest BCUT2D eigenvalue weighted by Gasteiger charge is -2.16. The summed E-state index contributed by atoms with van der Waals surface area (Å²) in [5.74, 6) is 1.66. The highest BCUT2D eigenvalue weighted by Crippen LogP contribution is 2.39. The molecule has 1 fully saturated rings. The molecule has 0 unspecified atom stereocenters. The number of benzene rings is 1. The van der Waals surface area contributed by atoms with Gasteiger partial charge in [-0.2, -0.15) is 9.29 Å². The van der Waals surface area contributed by atoms with Gasteiger partial charge in [0.1, 0.15) is 5.82 Å². The van der Waals surface area contributed by atoms with Crippen LogP contribution in [0.3, 0.4) is 0 Å². The molecule has 9 nitrogen and oxygen atoms in total. The molecule has 4 N–H and O–H groups in total. The van der Waals surface area contributed by atoms with Gasteiger partial charge in [-0.3, -0.25) is 0 Å². The largest absolute Gasteiger partial charge is 0.397 e. The molecule has 0 amide bonds. The van der Waals surface area contributed by atoms with Gasteiger partial charge >= 0.3 is 0 Å². The van der Waals surface area contributed by atoms with Crippen molar-refractivity contribution in [2.45, 2.75) is 43.4 Å². The number of anilines is 5. The second kappa shape index (κ2) is 10.3. The minimum absolute atomic E-state index is 0.303. The first-order chi connectivity index (χ1) is 18.5. The van der Waals surface area contributed by atoms with Crippen LogP contribution in [0.5, 0.6) is 0 Å². The zero-order valence-corrected chi connectivity index (χ0v) is 22.5. The third kappa shape index (κ3) is 4.96. The summed E-state index contributed by atoms with van der Waals surface area (Å²) in [4.78, 5) is 14.3. The highest BCUT2D eigenvalue weighted by molar-refractivity contribution is 7.89. The lowest BCUT2D eigenvalue weighted by molar-refractivity contribution is 0.477. The van der Waals surface area contributed by atoms with Crippen LogP contribution in [0.15, 0.2) is 58.9 Å². The first-order valence-electron chi connectivity index (χ1n) is 12.8. The van der Waals surface area contributed by atoms with E-state index in [4.69, 9.17) is 15.7 Å². The van der Waals surface area contributed by atoms with Crippen molar-refractivity contribution in [2.75, 3.05) is 29.5 Å². The molecule has 0 radical (unpaired) electrons. The van der Waals surface area contributed by atoms with Gasteiger partial charge in [0.2, 0.25) is 16.0 Å². The number of hydrogen-bond acceptors (Lipinski definition) is 9. The maximum atomic E-state index is 12.9. The van der Waals surface area contributed by atoms with E-state index in [1.54, 1.807) is 58.2 Å². The van der Waals surface area contributed by atoms with Gasteiger partial charge in [-0.1, -0.05) is 6.08 Å². The summed E-state index contributed by atoms with van der Waals surface area (Å²) >= 11 is 1.60. The first kappa shape index (κ1) is 24.8. The van der Waals surface area contributed by atoms with Crippen LogP contribution in [0.2, 0.25) is 0 Å². The Morgan fingerprint density at radius 3 is 2.47 bits per heavy atom. The van der Waals surface area contributed by atoms with Gasteiger partial charge in [0.15, 0.2) is 5.82 Å². The monoisotopic (exact) mass is 547 g/mol. The highest BCUT2D eigenvalue weighted by Gasteiger charge is 2.27. The second-order valence-electron chi connectivity index (χ2n) is 9.56. The normalized spacial score (nSPS) is 16.5. The molecule has 11 heteroatoms. The van der Waals surface area contributed by atoms with E-state index in [1.165, 1.54) is 18.4 Å². The lowest BCUT2D eigenvalue weighted by Crippen LogP contribution is -2.27.